The largest absolute Gasteiger partial charge is 0.365 e. The Morgan fingerprint density at radius 3 is 2.59 bits per heavy atom. The average molecular weight is 474 g/mol. The summed E-state index contributed by atoms with van der Waals surface area (Å²) in [4.78, 5) is 46.9. The summed E-state index contributed by atoms with van der Waals surface area (Å²) in [6.07, 6.45) is 6.69. The second-order valence-electron chi connectivity index (χ2n) is 8.28. The second kappa shape index (κ2) is 9.24. The number of hydrogen-bond acceptors (Lipinski definition) is 9. The lowest BCUT2D eigenvalue weighted by Gasteiger charge is -2.33. The Morgan fingerprint density at radius 1 is 1.00 bits per heavy atom. The van der Waals surface area contributed by atoms with E-state index in [2.05, 4.69) is 36.8 Å². The number of aromatic nitrogens is 4. The molecular formula is C24H23N7O2S. The summed E-state index contributed by atoms with van der Waals surface area (Å²) in [6, 6.07) is 7.42. The summed E-state index contributed by atoms with van der Waals surface area (Å²) < 4.78 is 0. The first kappa shape index (κ1) is 22.1. The smallest absolute Gasteiger partial charge is 0.260 e. The van der Waals surface area contributed by atoms with Crippen molar-refractivity contribution >= 4 is 39.7 Å². The highest BCUT2D eigenvalue weighted by Crippen LogP contribution is 2.27. The zero-order valence-electron chi connectivity index (χ0n) is 18.6. The lowest BCUT2D eigenvalue weighted by molar-refractivity contribution is 0.0987. The zero-order valence-corrected chi connectivity index (χ0v) is 19.5. The van der Waals surface area contributed by atoms with Gasteiger partial charge in [-0.2, -0.15) is 0 Å². The molecule has 1 saturated heterocycles. The molecule has 4 aromatic rings. The maximum atomic E-state index is 13.0. The van der Waals surface area contributed by atoms with Crippen molar-refractivity contribution < 1.29 is 9.59 Å². The molecule has 0 aliphatic carbocycles. The van der Waals surface area contributed by atoms with Crippen LogP contribution in [0.1, 0.15) is 25.7 Å². The molecule has 5 rings (SSSR count). The summed E-state index contributed by atoms with van der Waals surface area (Å²) in [5.74, 6) is 0.312. The molecule has 0 aromatic carbocycles. The molecule has 0 radical (unpaired) electrons. The monoisotopic (exact) mass is 473 g/mol. The molecule has 0 unspecified atom stereocenters. The van der Waals surface area contributed by atoms with Crippen LogP contribution in [0.2, 0.25) is 0 Å². The van der Waals surface area contributed by atoms with Crippen molar-refractivity contribution in [2.45, 2.75) is 6.42 Å². The van der Waals surface area contributed by atoms with Gasteiger partial charge in [0.15, 0.2) is 5.78 Å². The van der Waals surface area contributed by atoms with E-state index >= 15 is 0 Å². The topological polar surface area (TPSA) is 118 Å². The molecule has 10 heteroatoms. The van der Waals surface area contributed by atoms with Crippen molar-refractivity contribution in [3.63, 3.8) is 0 Å². The van der Waals surface area contributed by atoms with Crippen LogP contribution < -0.4 is 10.6 Å². The first-order valence-corrected chi connectivity index (χ1v) is 11.7. The van der Waals surface area contributed by atoms with Crippen LogP contribution in [0.25, 0.3) is 21.5 Å². The second-order valence-corrected chi connectivity index (χ2v) is 9.31. The summed E-state index contributed by atoms with van der Waals surface area (Å²) in [6.45, 7) is 3.73. The fourth-order valence-electron chi connectivity index (χ4n) is 3.88. The maximum absolute atomic E-state index is 13.0. The predicted molar refractivity (Wildman–Crippen MR) is 131 cm³/mol. The van der Waals surface area contributed by atoms with Crippen molar-refractivity contribution in [3.05, 3.63) is 65.2 Å². The number of ketones is 1. The number of piperazine rings is 1. The minimum absolute atomic E-state index is 0.0141. The number of likely N-dealkylation sites (N-methyl/N-ethyl adjacent to an activating group) is 1. The third-order valence-electron chi connectivity index (χ3n) is 5.86. The van der Waals surface area contributed by atoms with Crippen molar-refractivity contribution in [1.82, 2.24) is 24.8 Å². The third-order valence-corrected chi connectivity index (χ3v) is 6.92. The van der Waals surface area contributed by atoms with E-state index in [1.54, 1.807) is 24.7 Å². The number of nitrogens with zero attached hydrogens (tertiary/aromatic N) is 6. The zero-order chi connectivity index (χ0) is 23.7. The molecule has 0 saturated carbocycles. The molecule has 5 heterocycles. The Hall–Kier alpha value is -3.76. The number of nitrogens with two attached hydrogens (primary N) is 1. The number of rotatable bonds is 6. The van der Waals surface area contributed by atoms with Gasteiger partial charge >= 0.3 is 0 Å². The maximum Gasteiger partial charge on any atom is 0.260 e. The van der Waals surface area contributed by atoms with Crippen LogP contribution in [0.4, 0.5) is 5.82 Å². The molecule has 1 fully saturated rings. The van der Waals surface area contributed by atoms with Gasteiger partial charge in [-0.05, 0) is 31.3 Å². The molecule has 9 nitrogen and oxygen atoms in total. The van der Waals surface area contributed by atoms with Gasteiger partial charge in [0.05, 0.1) is 24.3 Å². The van der Waals surface area contributed by atoms with Gasteiger partial charge in [-0.15, -0.1) is 11.3 Å². The Balaban J connectivity index is 1.35. The summed E-state index contributed by atoms with van der Waals surface area (Å²) in [5.41, 5.74) is 8.11. The number of primary amides is 1. The SMILES string of the molecule is CN1CCN(c2cc(C(=O)Cc3cc4cc(-c5ncc(C(N)=O)s5)cnc4cn3)ccn2)CC1. The van der Waals surface area contributed by atoms with E-state index in [4.69, 9.17) is 5.73 Å². The fourth-order valence-corrected chi connectivity index (χ4v) is 4.63. The number of fused-ring (bicyclic) bond motifs is 1. The first-order chi connectivity index (χ1) is 16.5. The van der Waals surface area contributed by atoms with E-state index in [0.29, 0.717) is 26.7 Å². The van der Waals surface area contributed by atoms with Crippen molar-refractivity contribution in [1.29, 1.82) is 0 Å². The van der Waals surface area contributed by atoms with E-state index < -0.39 is 5.91 Å². The van der Waals surface area contributed by atoms with Crippen molar-refractivity contribution in [2.75, 3.05) is 38.1 Å². The normalized spacial score (nSPS) is 14.4. The molecule has 1 aliphatic rings. The Kier molecular flexibility index (Phi) is 5.99. The Morgan fingerprint density at radius 2 is 1.82 bits per heavy atom. The number of carbonyl (C=O) groups excluding carboxylic acids is 2. The number of amides is 1. The number of thiazole rings is 1. The average Bonchev–Trinajstić information content (AvgIpc) is 3.35. The number of Topliss-reactive ketones (excluding diaryl/α,β-unsaturated/α-hetero) is 1. The quantitative estimate of drug-likeness (QED) is 0.424. The van der Waals surface area contributed by atoms with E-state index in [9.17, 15) is 9.59 Å². The van der Waals surface area contributed by atoms with E-state index in [-0.39, 0.29) is 12.2 Å². The van der Waals surface area contributed by atoms with Crippen molar-refractivity contribution in [2.24, 2.45) is 5.73 Å². The molecule has 0 bridgehead atoms. The minimum atomic E-state index is -0.505. The summed E-state index contributed by atoms with van der Waals surface area (Å²) >= 11 is 1.22. The molecular weight excluding hydrogens is 450 g/mol. The summed E-state index contributed by atoms with van der Waals surface area (Å²) in [7, 11) is 2.11. The van der Waals surface area contributed by atoms with Gasteiger partial charge in [0.1, 0.15) is 15.7 Å². The lowest BCUT2D eigenvalue weighted by atomic mass is 10.1. The van der Waals surface area contributed by atoms with Gasteiger partial charge in [-0.1, -0.05) is 0 Å². The molecule has 1 aliphatic heterocycles. The van der Waals surface area contributed by atoms with Crippen LogP contribution in [0, 0.1) is 0 Å². The van der Waals surface area contributed by atoms with Gasteiger partial charge in [0.25, 0.3) is 5.91 Å². The molecule has 2 N–H and O–H groups in total. The van der Waals surface area contributed by atoms with Gasteiger partial charge in [-0.25, -0.2) is 9.97 Å². The minimum Gasteiger partial charge on any atom is -0.365 e. The van der Waals surface area contributed by atoms with E-state index in [0.717, 1.165) is 42.9 Å². The van der Waals surface area contributed by atoms with Gasteiger partial charge in [-0.3, -0.25) is 19.6 Å². The first-order valence-electron chi connectivity index (χ1n) is 10.9. The van der Waals surface area contributed by atoms with Crippen LogP contribution in [0.5, 0.6) is 0 Å². The molecule has 172 valence electrons. The highest BCUT2D eigenvalue weighted by Gasteiger charge is 2.17. The number of hydrogen-bond donors (Lipinski definition) is 1. The summed E-state index contributed by atoms with van der Waals surface area (Å²) in [5, 5.41) is 1.50. The Labute approximate surface area is 200 Å². The molecule has 34 heavy (non-hydrogen) atoms. The third kappa shape index (κ3) is 4.63. The predicted octanol–water partition coefficient (Wildman–Crippen LogP) is 2.42. The van der Waals surface area contributed by atoms with E-state index in [1.807, 2.05) is 18.2 Å². The fraction of sp³-hybridized carbons (Fsp3) is 0.250. The highest BCUT2D eigenvalue weighted by atomic mass is 32.1. The van der Waals surface area contributed by atoms with Crippen LogP contribution in [0.3, 0.4) is 0 Å². The van der Waals surface area contributed by atoms with E-state index in [1.165, 1.54) is 17.5 Å². The lowest BCUT2D eigenvalue weighted by Crippen LogP contribution is -2.44. The van der Waals surface area contributed by atoms with Gasteiger partial charge in [0, 0.05) is 60.8 Å². The number of carbonyl (C=O) groups is 2. The van der Waals surface area contributed by atoms with Crippen molar-refractivity contribution in [3.8, 4) is 10.6 Å². The van der Waals surface area contributed by atoms with Crippen LogP contribution in [-0.4, -0.2) is 69.8 Å². The standard InChI is InChI=1S/C24H23N7O2S/c1-30-4-6-31(7-5-30)22-10-15(2-3-26-22)20(32)11-18-9-16-8-17(12-28-19(16)13-27-18)24-29-14-21(34-24)23(25)33/h2-3,8-10,12-14H,4-7,11H2,1H3,(H2,25,33). The molecule has 4 aromatic heterocycles. The molecule has 1 amide bonds. The molecule has 0 atom stereocenters. The molecule has 0 spiro atoms. The van der Waals surface area contributed by atoms with Gasteiger partial charge in [0.2, 0.25) is 0 Å². The Bertz CT molecular complexity index is 1380. The number of anilines is 1. The van der Waals surface area contributed by atoms with Crippen LogP contribution in [-0.2, 0) is 6.42 Å². The van der Waals surface area contributed by atoms with Gasteiger partial charge < -0.3 is 15.5 Å². The number of pyridine rings is 3. The van der Waals surface area contributed by atoms with Crippen LogP contribution >= 0.6 is 11.3 Å². The highest BCUT2D eigenvalue weighted by molar-refractivity contribution is 7.16. The van der Waals surface area contributed by atoms with Crippen LogP contribution in [0.15, 0.2) is 49.1 Å².